The summed E-state index contributed by atoms with van der Waals surface area (Å²) in [6, 6.07) is 1.91. The van der Waals surface area contributed by atoms with Crippen LogP contribution in [-0.2, 0) is 6.54 Å². The minimum atomic E-state index is 0.191. The van der Waals surface area contributed by atoms with E-state index in [4.69, 9.17) is 19.9 Å². The lowest BCUT2D eigenvalue weighted by Crippen LogP contribution is -2.07. The van der Waals surface area contributed by atoms with Gasteiger partial charge in [0.25, 0.3) is 5.88 Å². The Morgan fingerprint density at radius 1 is 1.04 bits per heavy atom. The third-order valence-corrected chi connectivity index (χ3v) is 5.02. The third kappa shape index (κ3) is 3.11. The normalized spacial score (nSPS) is 10.9. The van der Waals surface area contributed by atoms with Crippen LogP contribution in [0.5, 0.6) is 17.4 Å². The monoisotopic (exact) mass is 471 g/mol. The number of fused-ring (bicyclic) bond motifs is 1. The summed E-state index contributed by atoms with van der Waals surface area (Å²) in [5.74, 6) is 1.46. The molecule has 10 heteroatoms. The molecule has 0 saturated heterocycles. The highest BCUT2D eigenvalue weighted by Gasteiger charge is 2.21. The molecule has 8 nitrogen and oxygen atoms in total. The van der Waals surface area contributed by atoms with Crippen molar-refractivity contribution in [1.29, 1.82) is 0 Å². The number of halogens is 2. The molecule has 3 aromatic heterocycles. The van der Waals surface area contributed by atoms with Gasteiger partial charge in [-0.2, -0.15) is 4.98 Å². The third-order valence-electron chi connectivity index (χ3n) is 3.60. The molecule has 0 unspecified atom stereocenters. The smallest absolute Gasteiger partial charge is 0.261 e. The molecule has 0 aliphatic heterocycles. The van der Waals surface area contributed by atoms with Gasteiger partial charge in [-0.25, -0.2) is 9.97 Å². The van der Waals surface area contributed by atoms with E-state index in [9.17, 15) is 0 Å². The Labute approximate surface area is 160 Å². The first-order valence-electron chi connectivity index (χ1n) is 7.12. The van der Waals surface area contributed by atoms with Crippen LogP contribution in [0, 0.1) is 0 Å². The number of methoxy groups -OCH3 is 3. The van der Waals surface area contributed by atoms with E-state index >= 15 is 0 Å². The molecule has 0 radical (unpaired) electrons. The van der Waals surface area contributed by atoms with Crippen molar-refractivity contribution in [3.8, 4) is 17.4 Å². The van der Waals surface area contributed by atoms with Gasteiger partial charge in [0, 0.05) is 6.20 Å². The standard InChI is InChI=1S/C15H15Br2N5O3/c1-23-10-9(16)8(19-14(25-3)11(10)24-2)6-22-5-4-7-12(17)20-15(18)21-13(7)22/h4-5H,6H2,1-3H3,(H2,18,20,21). The molecule has 0 aromatic carbocycles. The summed E-state index contributed by atoms with van der Waals surface area (Å²) in [5.41, 5.74) is 7.15. The minimum Gasteiger partial charge on any atom is -0.492 e. The van der Waals surface area contributed by atoms with Gasteiger partial charge in [-0.1, -0.05) is 0 Å². The number of nitrogens with zero attached hydrogens (tertiary/aromatic N) is 4. The van der Waals surface area contributed by atoms with Gasteiger partial charge in [0.05, 0.1) is 43.4 Å². The molecule has 3 rings (SSSR count). The van der Waals surface area contributed by atoms with Crippen molar-refractivity contribution in [2.24, 2.45) is 0 Å². The molecule has 132 valence electrons. The summed E-state index contributed by atoms with van der Waals surface area (Å²) in [4.78, 5) is 12.9. The number of ether oxygens (including phenoxy) is 3. The van der Waals surface area contributed by atoms with E-state index in [-0.39, 0.29) is 5.95 Å². The fourth-order valence-electron chi connectivity index (χ4n) is 2.49. The molecule has 0 fully saturated rings. The molecule has 0 aliphatic rings. The summed E-state index contributed by atoms with van der Waals surface area (Å²) in [6.07, 6.45) is 1.89. The maximum Gasteiger partial charge on any atom is 0.261 e. The zero-order valence-electron chi connectivity index (χ0n) is 13.7. The van der Waals surface area contributed by atoms with Gasteiger partial charge in [-0.15, -0.1) is 0 Å². The highest BCUT2D eigenvalue weighted by molar-refractivity contribution is 9.11. The fraction of sp³-hybridized carbons (Fsp3) is 0.267. The van der Waals surface area contributed by atoms with Gasteiger partial charge in [0.1, 0.15) is 10.3 Å². The van der Waals surface area contributed by atoms with E-state index in [2.05, 4.69) is 46.8 Å². The molecular weight excluding hydrogens is 458 g/mol. The van der Waals surface area contributed by atoms with Crippen LogP contribution in [0.15, 0.2) is 21.3 Å². The van der Waals surface area contributed by atoms with Crippen molar-refractivity contribution < 1.29 is 14.2 Å². The predicted octanol–water partition coefficient (Wildman–Crippen LogP) is 3.01. The summed E-state index contributed by atoms with van der Waals surface area (Å²) in [7, 11) is 4.62. The Bertz CT molecular complexity index is 945. The Hall–Kier alpha value is -2.07. The lowest BCUT2D eigenvalue weighted by atomic mass is 10.3. The number of pyridine rings is 1. The fourth-order valence-corrected chi connectivity index (χ4v) is 3.54. The quantitative estimate of drug-likeness (QED) is 0.570. The molecule has 3 heterocycles. The van der Waals surface area contributed by atoms with Crippen LogP contribution in [0.1, 0.15) is 5.69 Å². The van der Waals surface area contributed by atoms with Crippen LogP contribution in [0.4, 0.5) is 5.95 Å². The first-order chi connectivity index (χ1) is 12.0. The largest absolute Gasteiger partial charge is 0.492 e. The molecule has 0 bridgehead atoms. The van der Waals surface area contributed by atoms with Crippen LogP contribution >= 0.6 is 31.9 Å². The zero-order chi connectivity index (χ0) is 18.1. The average molecular weight is 473 g/mol. The Balaban J connectivity index is 2.12. The number of nitrogen functional groups attached to an aromatic ring is 1. The van der Waals surface area contributed by atoms with E-state index in [0.717, 1.165) is 5.39 Å². The van der Waals surface area contributed by atoms with Gasteiger partial charge in [0.15, 0.2) is 5.75 Å². The van der Waals surface area contributed by atoms with E-state index < -0.39 is 0 Å². The van der Waals surface area contributed by atoms with Crippen molar-refractivity contribution >= 4 is 48.8 Å². The number of hydrogen-bond donors (Lipinski definition) is 1. The van der Waals surface area contributed by atoms with Crippen LogP contribution in [-0.4, -0.2) is 40.8 Å². The molecule has 3 aromatic rings. The summed E-state index contributed by atoms with van der Waals surface area (Å²) in [6.45, 7) is 0.420. The molecule has 0 saturated carbocycles. The van der Waals surface area contributed by atoms with Gasteiger partial charge >= 0.3 is 0 Å². The van der Waals surface area contributed by atoms with Crippen molar-refractivity contribution in [3.05, 3.63) is 27.0 Å². The van der Waals surface area contributed by atoms with E-state index in [1.54, 1.807) is 7.11 Å². The van der Waals surface area contributed by atoms with Crippen molar-refractivity contribution in [2.45, 2.75) is 6.54 Å². The highest BCUT2D eigenvalue weighted by atomic mass is 79.9. The SMILES string of the molecule is COc1nc(Cn2ccc3c(Br)nc(N)nc32)c(Br)c(OC)c1OC. The second-order valence-electron chi connectivity index (χ2n) is 5.00. The molecule has 0 aliphatic carbocycles. The van der Waals surface area contributed by atoms with Crippen LogP contribution < -0.4 is 19.9 Å². The van der Waals surface area contributed by atoms with Gasteiger partial charge < -0.3 is 24.5 Å². The predicted molar refractivity (Wildman–Crippen MR) is 100 cm³/mol. The average Bonchev–Trinajstić information content (AvgIpc) is 2.99. The molecule has 0 spiro atoms. The first-order valence-corrected chi connectivity index (χ1v) is 8.70. The summed E-state index contributed by atoms with van der Waals surface area (Å²) < 4.78 is 19.3. The molecular formula is C15H15Br2N5O3. The van der Waals surface area contributed by atoms with Gasteiger partial charge in [-0.3, -0.25) is 0 Å². The summed E-state index contributed by atoms with van der Waals surface area (Å²) >= 11 is 6.93. The van der Waals surface area contributed by atoms with E-state index in [1.807, 2.05) is 16.8 Å². The Kier molecular flexibility index (Phi) is 5.00. The van der Waals surface area contributed by atoms with Crippen LogP contribution in [0.2, 0.25) is 0 Å². The lowest BCUT2D eigenvalue weighted by molar-refractivity contribution is 0.313. The highest BCUT2D eigenvalue weighted by Crippen LogP contribution is 2.43. The Morgan fingerprint density at radius 3 is 2.40 bits per heavy atom. The van der Waals surface area contributed by atoms with Gasteiger partial charge in [-0.05, 0) is 37.9 Å². The molecule has 0 amide bonds. The molecule has 0 atom stereocenters. The maximum absolute atomic E-state index is 5.76. The van der Waals surface area contributed by atoms with E-state index in [0.29, 0.717) is 44.3 Å². The van der Waals surface area contributed by atoms with Crippen LogP contribution in [0.3, 0.4) is 0 Å². The topological polar surface area (TPSA) is 97.3 Å². The number of nitrogens with two attached hydrogens (primary N) is 1. The second-order valence-corrected chi connectivity index (χ2v) is 6.55. The van der Waals surface area contributed by atoms with Crippen LogP contribution in [0.25, 0.3) is 11.0 Å². The minimum absolute atomic E-state index is 0.191. The maximum atomic E-state index is 5.76. The number of rotatable bonds is 5. The number of aromatic nitrogens is 4. The zero-order valence-corrected chi connectivity index (χ0v) is 16.9. The van der Waals surface area contributed by atoms with E-state index in [1.165, 1.54) is 14.2 Å². The molecule has 25 heavy (non-hydrogen) atoms. The van der Waals surface area contributed by atoms with Crippen molar-refractivity contribution in [2.75, 3.05) is 27.1 Å². The molecule has 2 N–H and O–H groups in total. The van der Waals surface area contributed by atoms with Gasteiger partial charge in [0.2, 0.25) is 11.7 Å². The summed E-state index contributed by atoms with van der Waals surface area (Å²) in [5, 5.41) is 0.859. The number of hydrogen-bond acceptors (Lipinski definition) is 7. The second kappa shape index (κ2) is 7.04. The van der Waals surface area contributed by atoms with Crippen molar-refractivity contribution in [3.63, 3.8) is 0 Å². The number of anilines is 1. The first kappa shape index (κ1) is 17.7. The van der Waals surface area contributed by atoms with Crippen molar-refractivity contribution in [1.82, 2.24) is 19.5 Å². The Morgan fingerprint density at radius 2 is 1.76 bits per heavy atom. The lowest BCUT2D eigenvalue weighted by Gasteiger charge is -2.16.